The molecule has 0 atom stereocenters. The second-order valence-electron chi connectivity index (χ2n) is 3.35. The van der Waals surface area contributed by atoms with Crippen LogP contribution in [0.5, 0.6) is 0 Å². The Kier molecular flexibility index (Phi) is 5.05. The van der Waals surface area contributed by atoms with E-state index in [4.69, 9.17) is 11.6 Å². The molecule has 0 saturated carbocycles. The van der Waals surface area contributed by atoms with E-state index in [1.807, 2.05) is 6.92 Å². The number of aromatic nitrogens is 1. The summed E-state index contributed by atoms with van der Waals surface area (Å²) in [4.78, 5) is 15.7. The number of anilines is 1. The van der Waals surface area contributed by atoms with Crippen LogP contribution in [0.15, 0.2) is 12.1 Å². The second kappa shape index (κ2) is 6.33. The summed E-state index contributed by atoms with van der Waals surface area (Å²) in [6, 6.07) is 3.26. The lowest BCUT2D eigenvalue weighted by Crippen LogP contribution is -2.22. The van der Waals surface area contributed by atoms with E-state index in [9.17, 15) is 4.79 Å². The summed E-state index contributed by atoms with van der Waals surface area (Å²) in [5, 5.41) is 6.14. The Balaban J connectivity index is 2.84. The topological polar surface area (TPSA) is 54.0 Å². The maximum Gasteiger partial charge on any atom is 0.251 e. The van der Waals surface area contributed by atoms with Crippen LogP contribution in [0.1, 0.15) is 30.6 Å². The standard InChI is InChI=1S/C11H16ClN3O/c1-3-5-14-10-7-8(6-9(12)15-10)11(16)13-4-2/h6-7H,3-5H2,1-2H3,(H,13,16)(H,14,15). The van der Waals surface area contributed by atoms with Gasteiger partial charge in [-0.1, -0.05) is 18.5 Å². The molecule has 0 aromatic carbocycles. The fraction of sp³-hybridized carbons (Fsp3) is 0.455. The van der Waals surface area contributed by atoms with Gasteiger partial charge < -0.3 is 10.6 Å². The fourth-order valence-electron chi connectivity index (χ4n) is 1.23. The van der Waals surface area contributed by atoms with Crippen LogP contribution in [0.4, 0.5) is 5.82 Å². The van der Waals surface area contributed by atoms with E-state index in [2.05, 4.69) is 22.5 Å². The van der Waals surface area contributed by atoms with Crippen LogP contribution in [0.2, 0.25) is 5.15 Å². The number of pyridine rings is 1. The first-order chi connectivity index (χ1) is 7.67. The molecule has 0 spiro atoms. The molecule has 1 amide bonds. The Morgan fingerprint density at radius 2 is 2.19 bits per heavy atom. The molecule has 1 aromatic rings. The van der Waals surface area contributed by atoms with Crippen molar-refractivity contribution in [2.45, 2.75) is 20.3 Å². The van der Waals surface area contributed by atoms with Crippen LogP contribution in [0.3, 0.4) is 0 Å². The van der Waals surface area contributed by atoms with Crippen LogP contribution in [0, 0.1) is 0 Å². The number of hydrogen-bond acceptors (Lipinski definition) is 3. The molecule has 5 heteroatoms. The van der Waals surface area contributed by atoms with E-state index in [1.54, 1.807) is 12.1 Å². The van der Waals surface area contributed by atoms with Gasteiger partial charge in [0, 0.05) is 18.7 Å². The minimum atomic E-state index is -0.133. The summed E-state index contributed by atoms with van der Waals surface area (Å²) in [5.74, 6) is 0.502. The van der Waals surface area contributed by atoms with Crippen molar-refractivity contribution in [3.05, 3.63) is 22.8 Å². The van der Waals surface area contributed by atoms with E-state index in [-0.39, 0.29) is 5.91 Å². The highest BCUT2D eigenvalue weighted by atomic mass is 35.5. The van der Waals surface area contributed by atoms with E-state index in [0.29, 0.717) is 23.1 Å². The molecule has 16 heavy (non-hydrogen) atoms. The third kappa shape index (κ3) is 3.70. The highest BCUT2D eigenvalue weighted by molar-refractivity contribution is 6.29. The van der Waals surface area contributed by atoms with E-state index >= 15 is 0 Å². The normalized spacial score (nSPS) is 9.94. The Labute approximate surface area is 100 Å². The van der Waals surface area contributed by atoms with Crippen molar-refractivity contribution in [1.29, 1.82) is 0 Å². The first-order valence-corrected chi connectivity index (χ1v) is 5.74. The zero-order valence-electron chi connectivity index (χ0n) is 9.51. The lowest BCUT2D eigenvalue weighted by atomic mass is 10.2. The predicted molar refractivity (Wildman–Crippen MR) is 66.0 cm³/mol. The molecule has 0 unspecified atom stereocenters. The maximum absolute atomic E-state index is 11.6. The Bertz CT molecular complexity index is 368. The molecule has 0 bridgehead atoms. The number of hydrogen-bond donors (Lipinski definition) is 2. The van der Waals surface area contributed by atoms with Gasteiger partial charge in [0.25, 0.3) is 5.91 Å². The average molecular weight is 242 g/mol. The van der Waals surface area contributed by atoms with Crippen molar-refractivity contribution < 1.29 is 4.79 Å². The lowest BCUT2D eigenvalue weighted by molar-refractivity contribution is 0.0956. The second-order valence-corrected chi connectivity index (χ2v) is 3.74. The first-order valence-electron chi connectivity index (χ1n) is 5.37. The van der Waals surface area contributed by atoms with Gasteiger partial charge in [-0.05, 0) is 25.5 Å². The molecule has 1 heterocycles. The SMILES string of the molecule is CCCNc1cc(C(=O)NCC)cc(Cl)n1. The number of carbonyl (C=O) groups excluding carboxylic acids is 1. The highest BCUT2D eigenvalue weighted by Crippen LogP contribution is 2.14. The minimum Gasteiger partial charge on any atom is -0.370 e. The van der Waals surface area contributed by atoms with Crippen LogP contribution in [-0.4, -0.2) is 24.0 Å². The van der Waals surface area contributed by atoms with E-state index in [0.717, 1.165) is 13.0 Å². The van der Waals surface area contributed by atoms with Gasteiger partial charge in [0.15, 0.2) is 0 Å². The third-order valence-electron chi connectivity index (χ3n) is 1.95. The third-order valence-corrected chi connectivity index (χ3v) is 2.14. The fourth-order valence-corrected chi connectivity index (χ4v) is 1.44. The maximum atomic E-state index is 11.6. The lowest BCUT2D eigenvalue weighted by Gasteiger charge is -2.07. The van der Waals surface area contributed by atoms with Gasteiger partial charge >= 0.3 is 0 Å². The van der Waals surface area contributed by atoms with Crippen molar-refractivity contribution in [3.63, 3.8) is 0 Å². The molecule has 0 fully saturated rings. The molecular formula is C11H16ClN3O. The quantitative estimate of drug-likeness (QED) is 0.778. The Hall–Kier alpha value is -1.29. The molecule has 0 saturated heterocycles. The average Bonchev–Trinajstić information content (AvgIpc) is 2.26. The summed E-state index contributed by atoms with van der Waals surface area (Å²) in [6.45, 7) is 5.33. The van der Waals surface area contributed by atoms with Gasteiger partial charge in [-0.25, -0.2) is 4.98 Å². The van der Waals surface area contributed by atoms with Gasteiger partial charge in [0.1, 0.15) is 11.0 Å². The zero-order chi connectivity index (χ0) is 12.0. The van der Waals surface area contributed by atoms with E-state index < -0.39 is 0 Å². The molecule has 1 aromatic heterocycles. The van der Waals surface area contributed by atoms with Gasteiger partial charge in [0.2, 0.25) is 0 Å². The van der Waals surface area contributed by atoms with Crippen molar-refractivity contribution in [2.75, 3.05) is 18.4 Å². The molecular weight excluding hydrogens is 226 g/mol. The Morgan fingerprint density at radius 3 is 2.81 bits per heavy atom. The van der Waals surface area contributed by atoms with Gasteiger partial charge in [-0.2, -0.15) is 0 Å². The van der Waals surface area contributed by atoms with Crippen molar-refractivity contribution in [3.8, 4) is 0 Å². The summed E-state index contributed by atoms with van der Waals surface area (Å²) < 4.78 is 0. The molecule has 88 valence electrons. The van der Waals surface area contributed by atoms with Crippen molar-refractivity contribution in [1.82, 2.24) is 10.3 Å². The minimum absolute atomic E-state index is 0.133. The number of amides is 1. The molecule has 2 N–H and O–H groups in total. The molecule has 0 aliphatic heterocycles. The van der Waals surface area contributed by atoms with E-state index in [1.165, 1.54) is 0 Å². The molecule has 1 rings (SSSR count). The van der Waals surface area contributed by atoms with Crippen molar-refractivity contribution in [2.24, 2.45) is 0 Å². The molecule has 0 radical (unpaired) electrons. The summed E-state index contributed by atoms with van der Waals surface area (Å²) in [5.41, 5.74) is 0.528. The van der Waals surface area contributed by atoms with Crippen LogP contribution in [-0.2, 0) is 0 Å². The Morgan fingerprint density at radius 1 is 1.44 bits per heavy atom. The zero-order valence-corrected chi connectivity index (χ0v) is 10.3. The summed E-state index contributed by atoms with van der Waals surface area (Å²) in [7, 11) is 0. The van der Waals surface area contributed by atoms with Gasteiger partial charge in [-0.15, -0.1) is 0 Å². The number of carbonyl (C=O) groups is 1. The van der Waals surface area contributed by atoms with Gasteiger partial charge in [-0.3, -0.25) is 4.79 Å². The monoisotopic (exact) mass is 241 g/mol. The van der Waals surface area contributed by atoms with Crippen LogP contribution in [0.25, 0.3) is 0 Å². The van der Waals surface area contributed by atoms with Gasteiger partial charge in [0.05, 0.1) is 0 Å². The smallest absolute Gasteiger partial charge is 0.251 e. The first kappa shape index (κ1) is 12.8. The number of rotatable bonds is 5. The van der Waals surface area contributed by atoms with Crippen LogP contribution >= 0.6 is 11.6 Å². The van der Waals surface area contributed by atoms with Crippen molar-refractivity contribution >= 4 is 23.3 Å². The molecule has 0 aliphatic carbocycles. The largest absolute Gasteiger partial charge is 0.370 e. The number of nitrogens with zero attached hydrogens (tertiary/aromatic N) is 1. The number of nitrogens with one attached hydrogen (secondary N) is 2. The molecule has 4 nitrogen and oxygen atoms in total. The summed E-state index contributed by atoms with van der Waals surface area (Å²) in [6.07, 6.45) is 0.991. The predicted octanol–water partition coefficient (Wildman–Crippen LogP) is 2.31. The number of halogens is 1. The highest BCUT2D eigenvalue weighted by Gasteiger charge is 2.07. The van der Waals surface area contributed by atoms with Crippen LogP contribution < -0.4 is 10.6 Å². The summed E-state index contributed by atoms with van der Waals surface area (Å²) >= 11 is 5.84. The molecule has 0 aliphatic rings.